The fourth-order valence-electron chi connectivity index (χ4n) is 1.93. The number of β-amino-alcohol motifs (C(OH)–C–C–N with tert-alkyl or cyclic N) is 1. The third kappa shape index (κ3) is 3.47. The van der Waals surface area contributed by atoms with Crippen molar-refractivity contribution in [1.29, 1.82) is 0 Å². The number of aliphatic hydroxyl groups excluding tert-OH is 1. The molecule has 1 saturated heterocycles. The molecule has 0 aromatic rings. The Hall–Kier alpha value is -0.610. The van der Waals surface area contributed by atoms with Crippen LogP contribution in [0.5, 0.6) is 0 Å². The van der Waals surface area contributed by atoms with Gasteiger partial charge >= 0.3 is 5.97 Å². The van der Waals surface area contributed by atoms with Gasteiger partial charge in [-0.25, -0.2) is 0 Å². The van der Waals surface area contributed by atoms with Gasteiger partial charge in [0, 0.05) is 13.0 Å². The number of likely N-dealkylation sites (tertiary alicyclic amines) is 1. The van der Waals surface area contributed by atoms with Crippen LogP contribution in [-0.4, -0.2) is 48.3 Å². The highest BCUT2D eigenvalue weighted by molar-refractivity contribution is 5.76. The Morgan fingerprint density at radius 2 is 2.27 bits per heavy atom. The number of hydrogen-bond acceptors (Lipinski definition) is 4. The maximum absolute atomic E-state index is 11.4. The molecule has 1 aliphatic rings. The van der Waals surface area contributed by atoms with Crippen molar-refractivity contribution >= 4 is 5.97 Å². The molecule has 0 amide bonds. The zero-order valence-electron chi connectivity index (χ0n) is 9.77. The van der Waals surface area contributed by atoms with Gasteiger partial charge in [0.25, 0.3) is 0 Å². The van der Waals surface area contributed by atoms with Crippen LogP contribution in [-0.2, 0) is 9.53 Å². The minimum Gasteiger partial charge on any atom is -0.468 e. The van der Waals surface area contributed by atoms with E-state index in [2.05, 4.69) is 13.8 Å². The van der Waals surface area contributed by atoms with E-state index in [0.717, 1.165) is 13.0 Å². The lowest BCUT2D eigenvalue weighted by molar-refractivity contribution is -0.145. The van der Waals surface area contributed by atoms with Crippen LogP contribution in [0.3, 0.4) is 0 Å². The maximum Gasteiger partial charge on any atom is 0.323 e. The van der Waals surface area contributed by atoms with E-state index < -0.39 is 0 Å². The summed E-state index contributed by atoms with van der Waals surface area (Å²) in [5.41, 5.74) is 0. The highest BCUT2D eigenvalue weighted by Crippen LogP contribution is 2.20. The molecular weight excluding hydrogens is 194 g/mol. The normalized spacial score (nSPS) is 27.3. The average Bonchev–Trinajstić information content (AvgIpc) is 2.55. The van der Waals surface area contributed by atoms with Gasteiger partial charge in [0.05, 0.1) is 13.2 Å². The highest BCUT2D eigenvalue weighted by Gasteiger charge is 2.36. The predicted molar refractivity (Wildman–Crippen MR) is 57.5 cm³/mol. The number of aliphatic hydroxyl groups is 1. The lowest BCUT2D eigenvalue weighted by Gasteiger charge is -2.22. The van der Waals surface area contributed by atoms with Crippen LogP contribution < -0.4 is 0 Å². The van der Waals surface area contributed by atoms with Crippen molar-refractivity contribution in [3.63, 3.8) is 0 Å². The van der Waals surface area contributed by atoms with Gasteiger partial charge in [0.15, 0.2) is 0 Å². The van der Waals surface area contributed by atoms with E-state index in [4.69, 9.17) is 4.74 Å². The number of esters is 1. The SMILES string of the molecule is COC(=O)[C@@H]1C[C@@H](O)CN1CCC(C)C. The molecule has 4 heteroatoms. The van der Waals surface area contributed by atoms with Crippen molar-refractivity contribution < 1.29 is 14.6 Å². The summed E-state index contributed by atoms with van der Waals surface area (Å²) in [6.07, 6.45) is 1.16. The third-order valence-corrected chi connectivity index (χ3v) is 2.85. The zero-order valence-corrected chi connectivity index (χ0v) is 9.77. The van der Waals surface area contributed by atoms with E-state index in [9.17, 15) is 9.90 Å². The van der Waals surface area contributed by atoms with Crippen LogP contribution in [0.1, 0.15) is 26.7 Å². The molecule has 2 atom stereocenters. The van der Waals surface area contributed by atoms with Crippen molar-refractivity contribution in [1.82, 2.24) is 4.90 Å². The first-order valence-electron chi connectivity index (χ1n) is 5.54. The summed E-state index contributed by atoms with van der Waals surface area (Å²) in [5, 5.41) is 9.53. The average molecular weight is 215 g/mol. The second-order valence-electron chi connectivity index (χ2n) is 4.61. The Labute approximate surface area is 91.2 Å². The van der Waals surface area contributed by atoms with Crippen molar-refractivity contribution in [2.75, 3.05) is 20.2 Å². The quantitative estimate of drug-likeness (QED) is 0.699. The number of methoxy groups -OCH3 is 1. The smallest absolute Gasteiger partial charge is 0.323 e. The van der Waals surface area contributed by atoms with Crippen LogP contribution in [0.2, 0.25) is 0 Å². The molecule has 0 saturated carbocycles. The van der Waals surface area contributed by atoms with Crippen molar-refractivity contribution in [3.05, 3.63) is 0 Å². The van der Waals surface area contributed by atoms with E-state index in [1.165, 1.54) is 7.11 Å². The van der Waals surface area contributed by atoms with E-state index in [1.807, 2.05) is 4.90 Å². The molecular formula is C11H21NO3. The molecule has 88 valence electrons. The molecule has 0 aliphatic carbocycles. The van der Waals surface area contributed by atoms with Gasteiger partial charge in [-0.2, -0.15) is 0 Å². The first kappa shape index (κ1) is 12.5. The van der Waals surface area contributed by atoms with Gasteiger partial charge in [-0.1, -0.05) is 13.8 Å². The fourth-order valence-corrected chi connectivity index (χ4v) is 1.93. The fraction of sp³-hybridized carbons (Fsp3) is 0.909. The standard InChI is InChI=1S/C11H21NO3/c1-8(2)4-5-12-7-9(13)6-10(12)11(14)15-3/h8-10,13H,4-7H2,1-3H3/t9-,10+/m1/s1. The Kier molecular flexibility index (Phi) is 4.54. The summed E-state index contributed by atoms with van der Waals surface area (Å²) < 4.78 is 4.73. The molecule has 0 bridgehead atoms. The summed E-state index contributed by atoms with van der Waals surface area (Å²) in [5.74, 6) is 0.386. The summed E-state index contributed by atoms with van der Waals surface area (Å²) in [6.45, 7) is 5.75. The molecule has 1 fully saturated rings. The summed E-state index contributed by atoms with van der Waals surface area (Å²) in [6, 6.07) is -0.247. The van der Waals surface area contributed by atoms with Gasteiger partial charge in [0.1, 0.15) is 6.04 Å². The van der Waals surface area contributed by atoms with Gasteiger partial charge < -0.3 is 9.84 Å². The van der Waals surface area contributed by atoms with Crippen molar-refractivity contribution in [3.8, 4) is 0 Å². The molecule has 15 heavy (non-hydrogen) atoms. The van der Waals surface area contributed by atoms with Crippen LogP contribution >= 0.6 is 0 Å². The summed E-state index contributed by atoms with van der Waals surface area (Å²) in [7, 11) is 1.40. The van der Waals surface area contributed by atoms with E-state index in [1.54, 1.807) is 0 Å². The van der Waals surface area contributed by atoms with Crippen LogP contribution in [0.15, 0.2) is 0 Å². The highest BCUT2D eigenvalue weighted by atomic mass is 16.5. The topological polar surface area (TPSA) is 49.8 Å². The van der Waals surface area contributed by atoms with E-state index in [-0.39, 0.29) is 18.1 Å². The first-order valence-corrected chi connectivity index (χ1v) is 5.54. The van der Waals surface area contributed by atoms with E-state index >= 15 is 0 Å². The molecule has 0 aromatic heterocycles. The Morgan fingerprint density at radius 1 is 1.60 bits per heavy atom. The Bertz CT molecular complexity index is 218. The second kappa shape index (κ2) is 5.47. The van der Waals surface area contributed by atoms with Crippen LogP contribution in [0.4, 0.5) is 0 Å². The van der Waals surface area contributed by atoms with Crippen LogP contribution in [0, 0.1) is 5.92 Å². The number of rotatable bonds is 4. The molecule has 0 aromatic carbocycles. The van der Waals surface area contributed by atoms with Crippen molar-refractivity contribution in [2.45, 2.75) is 38.8 Å². The number of hydrogen-bond donors (Lipinski definition) is 1. The molecule has 0 unspecified atom stereocenters. The predicted octanol–water partition coefficient (Wildman–Crippen LogP) is 0.641. The lowest BCUT2D eigenvalue weighted by atomic mass is 10.1. The molecule has 1 rings (SSSR count). The molecule has 0 spiro atoms. The third-order valence-electron chi connectivity index (χ3n) is 2.85. The van der Waals surface area contributed by atoms with Gasteiger partial charge in [-0.3, -0.25) is 9.69 Å². The van der Waals surface area contributed by atoms with Crippen LogP contribution in [0.25, 0.3) is 0 Å². The monoisotopic (exact) mass is 215 g/mol. The number of ether oxygens (including phenoxy) is 1. The zero-order chi connectivity index (χ0) is 11.4. The largest absolute Gasteiger partial charge is 0.468 e. The number of carbonyl (C=O) groups is 1. The number of nitrogens with zero attached hydrogens (tertiary/aromatic N) is 1. The lowest BCUT2D eigenvalue weighted by Crippen LogP contribution is -2.37. The molecule has 1 N–H and O–H groups in total. The maximum atomic E-state index is 11.4. The minimum absolute atomic E-state index is 0.227. The molecule has 1 aliphatic heterocycles. The van der Waals surface area contributed by atoms with Gasteiger partial charge in [-0.05, 0) is 18.9 Å². The summed E-state index contributed by atoms with van der Waals surface area (Å²) in [4.78, 5) is 13.5. The molecule has 1 heterocycles. The number of carbonyl (C=O) groups excluding carboxylic acids is 1. The first-order chi connectivity index (χ1) is 7.04. The van der Waals surface area contributed by atoms with Gasteiger partial charge in [-0.15, -0.1) is 0 Å². The van der Waals surface area contributed by atoms with Gasteiger partial charge in [0.2, 0.25) is 0 Å². The van der Waals surface area contributed by atoms with Crippen molar-refractivity contribution in [2.24, 2.45) is 5.92 Å². The minimum atomic E-state index is -0.388. The Balaban J connectivity index is 2.49. The Morgan fingerprint density at radius 3 is 2.80 bits per heavy atom. The van der Waals surface area contributed by atoms with E-state index in [0.29, 0.717) is 18.9 Å². The molecule has 0 radical (unpaired) electrons. The second-order valence-corrected chi connectivity index (χ2v) is 4.61. The molecule has 4 nitrogen and oxygen atoms in total. The summed E-state index contributed by atoms with van der Waals surface area (Å²) >= 11 is 0.